The van der Waals surface area contributed by atoms with Crippen LogP contribution in [0.25, 0.3) is 6.08 Å². The predicted octanol–water partition coefficient (Wildman–Crippen LogP) is 4.37. The van der Waals surface area contributed by atoms with Crippen LogP contribution in [0.2, 0.25) is 0 Å². The molecule has 1 amide bonds. The minimum Gasteiger partial charge on any atom is -0.493 e. The Bertz CT molecular complexity index is 1060. The van der Waals surface area contributed by atoms with Gasteiger partial charge >= 0.3 is 6.61 Å². The number of rotatable bonds is 7. The summed E-state index contributed by atoms with van der Waals surface area (Å²) < 4.78 is 34.3. The molecule has 2 aromatic rings. The van der Waals surface area contributed by atoms with Gasteiger partial charge in [-0.25, -0.2) is 0 Å². The fraction of sp³-hybridized carbons (Fsp3) is 0.200. The zero-order chi connectivity index (χ0) is 22.4. The Balaban J connectivity index is 2.48. The van der Waals surface area contributed by atoms with E-state index in [1.807, 2.05) is 13.0 Å². The molecule has 0 spiro atoms. The van der Waals surface area contributed by atoms with Gasteiger partial charge in [0.1, 0.15) is 11.6 Å². The second-order valence-electron chi connectivity index (χ2n) is 6.14. The normalized spacial score (nSPS) is 11.0. The van der Waals surface area contributed by atoms with Crippen molar-refractivity contribution in [2.24, 2.45) is 0 Å². The summed E-state index contributed by atoms with van der Waals surface area (Å²) in [4.78, 5) is 23.0. The number of nitrogens with zero attached hydrogens (tertiary/aromatic N) is 2. The molecule has 0 saturated carbocycles. The smallest absolute Gasteiger partial charge is 0.387 e. The number of nitro benzene ring substituents is 1. The van der Waals surface area contributed by atoms with Gasteiger partial charge in [0.15, 0.2) is 11.5 Å². The van der Waals surface area contributed by atoms with E-state index in [1.54, 1.807) is 25.1 Å². The molecule has 0 aromatic heterocycles. The first-order chi connectivity index (χ1) is 14.2. The Hall–Kier alpha value is -4.00. The Morgan fingerprint density at radius 2 is 1.97 bits per heavy atom. The third kappa shape index (κ3) is 5.29. The van der Waals surface area contributed by atoms with Crippen molar-refractivity contribution in [2.75, 3.05) is 12.4 Å². The topological polar surface area (TPSA) is 114 Å². The van der Waals surface area contributed by atoms with Crippen molar-refractivity contribution in [3.8, 4) is 17.6 Å². The predicted molar refractivity (Wildman–Crippen MR) is 104 cm³/mol. The Morgan fingerprint density at radius 3 is 2.50 bits per heavy atom. The molecule has 0 bridgehead atoms. The van der Waals surface area contributed by atoms with Gasteiger partial charge < -0.3 is 14.8 Å². The van der Waals surface area contributed by atoms with E-state index in [2.05, 4.69) is 10.1 Å². The highest BCUT2D eigenvalue weighted by molar-refractivity contribution is 6.10. The highest BCUT2D eigenvalue weighted by Gasteiger charge is 2.22. The van der Waals surface area contributed by atoms with Crippen molar-refractivity contribution in [3.63, 3.8) is 0 Å². The van der Waals surface area contributed by atoms with Crippen molar-refractivity contribution in [1.29, 1.82) is 5.26 Å². The minimum atomic E-state index is -3.22. The number of ether oxygens (including phenoxy) is 2. The van der Waals surface area contributed by atoms with Crippen LogP contribution in [0.15, 0.2) is 35.9 Å². The van der Waals surface area contributed by atoms with Crippen LogP contribution in [0.5, 0.6) is 11.5 Å². The summed E-state index contributed by atoms with van der Waals surface area (Å²) in [6, 6.07) is 8.75. The van der Waals surface area contributed by atoms with E-state index in [1.165, 1.54) is 0 Å². The van der Waals surface area contributed by atoms with Crippen molar-refractivity contribution >= 4 is 23.4 Å². The van der Waals surface area contributed by atoms with Gasteiger partial charge in [0.2, 0.25) is 0 Å². The van der Waals surface area contributed by atoms with Gasteiger partial charge in [0, 0.05) is 5.69 Å². The molecule has 30 heavy (non-hydrogen) atoms. The lowest BCUT2D eigenvalue weighted by molar-refractivity contribution is -0.385. The molecule has 8 nitrogen and oxygen atoms in total. The zero-order valence-corrected chi connectivity index (χ0v) is 16.2. The third-order valence-corrected chi connectivity index (χ3v) is 4.02. The van der Waals surface area contributed by atoms with Crippen LogP contribution in [0.3, 0.4) is 0 Å². The van der Waals surface area contributed by atoms with Crippen molar-refractivity contribution < 1.29 is 28.0 Å². The molecule has 0 heterocycles. The number of aryl methyl sites for hydroxylation is 2. The monoisotopic (exact) mass is 417 g/mol. The summed E-state index contributed by atoms with van der Waals surface area (Å²) in [6.45, 7) is 0.432. The maximum absolute atomic E-state index is 12.5. The summed E-state index contributed by atoms with van der Waals surface area (Å²) in [7, 11) is 1.16. The number of nitro groups is 1. The molecule has 0 unspecified atom stereocenters. The second kappa shape index (κ2) is 9.47. The number of carbonyl (C=O) groups excluding carboxylic acids is 1. The van der Waals surface area contributed by atoms with Gasteiger partial charge in [0.05, 0.1) is 23.7 Å². The van der Waals surface area contributed by atoms with Crippen LogP contribution in [0.1, 0.15) is 16.7 Å². The van der Waals surface area contributed by atoms with Crippen molar-refractivity contribution in [3.05, 3.63) is 62.7 Å². The van der Waals surface area contributed by atoms with Crippen LogP contribution >= 0.6 is 0 Å². The number of hydrogen-bond acceptors (Lipinski definition) is 6. The van der Waals surface area contributed by atoms with Crippen LogP contribution in [-0.4, -0.2) is 24.6 Å². The number of carbonyl (C=O) groups is 1. The third-order valence-electron chi connectivity index (χ3n) is 4.02. The molecule has 0 aliphatic carbocycles. The summed E-state index contributed by atoms with van der Waals surface area (Å²) in [6.07, 6.45) is 0.978. The van der Waals surface area contributed by atoms with Crippen LogP contribution < -0.4 is 14.8 Å². The fourth-order valence-electron chi connectivity index (χ4n) is 2.63. The Kier molecular flexibility index (Phi) is 7.03. The number of amides is 1. The molecule has 2 aromatic carbocycles. The SMILES string of the molecule is COc1cc(/C=C(\C#N)C(=O)Nc2ccc(C)cc2C)c([N+](=O)[O-])cc1OC(F)F. The summed E-state index contributed by atoms with van der Waals surface area (Å²) in [5.41, 5.74) is 0.962. The number of halogens is 2. The van der Waals surface area contributed by atoms with Gasteiger partial charge in [-0.05, 0) is 37.6 Å². The molecule has 1 N–H and O–H groups in total. The molecular formula is C20H17F2N3O5. The number of alkyl halides is 2. The second-order valence-corrected chi connectivity index (χ2v) is 6.14. The standard InChI is InChI=1S/C20H17F2N3O5/c1-11-4-5-15(12(2)6-11)24-19(26)14(10-23)7-13-8-17(29-3)18(30-20(21)22)9-16(13)25(27)28/h4-9,20H,1-3H3,(H,24,26)/b14-7+. The molecule has 156 valence electrons. The van der Waals surface area contributed by atoms with E-state index in [9.17, 15) is 29.0 Å². The first-order valence-corrected chi connectivity index (χ1v) is 8.48. The van der Waals surface area contributed by atoms with Crippen LogP contribution in [-0.2, 0) is 4.79 Å². The maximum Gasteiger partial charge on any atom is 0.387 e. The molecule has 0 radical (unpaired) electrons. The fourth-order valence-corrected chi connectivity index (χ4v) is 2.63. The molecule has 0 aliphatic heterocycles. The lowest BCUT2D eigenvalue weighted by Crippen LogP contribution is -2.14. The average molecular weight is 417 g/mol. The van der Waals surface area contributed by atoms with Crippen molar-refractivity contribution in [1.82, 2.24) is 0 Å². The molecule has 0 fully saturated rings. The summed E-state index contributed by atoms with van der Waals surface area (Å²) in [5.74, 6) is -1.56. The quantitative estimate of drug-likeness (QED) is 0.310. The molecule has 10 heteroatoms. The average Bonchev–Trinajstić information content (AvgIpc) is 2.67. The molecule has 0 aliphatic rings. The Morgan fingerprint density at radius 1 is 1.27 bits per heavy atom. The highest BCUT2D eigenvalue weighted by atomic mass is 19.3. The van der Waals surface area contributed by atoms with Gasteiger partial charge in [0.25, 0.3) is 11.6 Å². The van der Waals surface area contributed by atoms with E-state index >= 15 is 0 Å². The van der Waals surface area contributed by atoms with Gasteiger partial charge in [-0.15, -0.1) is 0 Å². The molecule has 2 rings (SSSR count). The number of anilines is 1. The zero-order valence-electron chi connectivity index (χ0n) is 16.2. The highest BCUT2D eigenvalue weighted by Crippen LogP contribution is 2.36. The lowest BCUT2D eigenvalue weighted by atomic mass is 10.1. The number of nitrogens with one attached hydrogen (secondary N) is 1. The summed E-state index contributed by atoms with van der Waals surface area (Å²) >= 11 is 0. The number of benzene rings is 2. The van der Waals surface area contributed by atoms with Crippen LogP contribution in [0, 0.1) is 35.3 Å². The largest absolute Gasteiger partial charge is 0.493 e. The van der Waals surface area contributed by atoms with Gasteiger partial charge in [-0.3, -0.25) is 14.9 Å². The van der Waals surface area contributed by atoms with Gasteiger partial charge in [-0.1, -0.05) is 17.7 Å². The first-order valence-electron chi connectivity index (χ1n) is 8.48. The van der Waals surface area contributed by atoms with E-state index in [-0.39, 0.29) is 11.3 Å². The maximum atomic E-state index is 12.5. The number of nitriles is 1. The molecular weight excluding hydrogens is 400 g/mol. The van der Waals surface area contributed by atoms with E-state index in [0.29, 0.717) is 5.69 Å². The van der Waals surface area contributed by atoms with E-state index in [0.717, 1.165) is 36.4 Å². The number of hydrogen-bond donors (Lipinski definition) is 1. The van der Waals surface area contributed by atoms with Crippen molar-refractivity contribution in [2.45, 2.75) is 20.5 Å². The first kappa shape index (κ1) is 22.3. The van der Waals surface area contributed by atoms with E-state index in [4.69, 9.17) is 4.74 Å². The van der Waals surface area contributed by atoms with E-state index < -0.39 is 34.5 Å². The summed E-state index contributed by atoms with van der Waals surface area (Å²) in [5, 5.41) is 23.3. The van der Waals surface area contributed by atoms with Gasteiger partial charge in [-0.2, -0.15) is 14.0 Å². The lowest BCUT2D eigenvalue weighted by Gasteiger charge is -2.11. The Labute approximate surface area is 170 Å². The number of methoxy groups -OCH3 is 1. The molecule has 0 saturated heterocycles. The minimum absolute atomic E-state index is 0.189. The molecule has 0 atom stereocenters. The van der Waals surface area contributed by atoms with Crippen LogP contribution in [0.4, 0.5) is 20.2 Å².